The van der Waals surface area contributed by atoms with Crippen molar-refractivity contribution in [1.82, 2.24) is 10.2 Å². The summed E-state index contributed by atoms with van der Waals surface area (Å²) in [7, 11) is -3.11. The van der Waals surface area contributed by atoms with Gasteiger partial charge in [0.1, 0.15) is 0 Å². The number of sulfone groups is 1. The molecule has 2 aliphatic rings. The van der Waals surface area contributed by atoms with Crippen molar-refractivity contribution in [1.29, 1.82) is 0 Å². The molecule has 0 bridgehead atoms. The molecule has 2 fully saturated rings. The highest BCUT2D eigenvalue weighted by atomic mass is 32.2. The number of carboxylic acids is 1. The molecule has 3 atom stereocenters. The van der Waals surface area contributed by atoms with E-state index in [4.69, 9.17) is 9.90 Å². The van der Waals surface area contributed by atoms with E-state index in [1.807, 2.05) is 0 Å². The first-order chi connectivity index (χ1) is 15.2. The lowest BCUT2D eigenvalue weighted by Crippen LogP contribution is -2.47. The van der Waals surface area contributed by atoms with Crippen LogP contribution in [0.4, 0.5) is 13.2 Å². The van der Waals surface area contributed by atoms with Crippen molar-refractivity contribution >= 4 is 21.7 Å². The summed E-state index contributed by atoms with van der Waals surface area (Å²) in [4.78, 5) is 23.7. The van der Waals surface area contributed by atoms with Gasteiger partial charge in [-0.1, -0.05) is 43.7 Å². The van der Waals surface area contributed by atoms with Crippen molar-refractivity contribution in [3.8, 4) is 0 Å². The zero-order chi connectivity index (χ0) is 25.0. The van der Waals surface area contributed by atoms with E-state index in [1.165, 1.54) is 11.1 Å². The van der Waals surface area contributed by atoms with Gasteiger partial charge in [-0.05, 0) is 24.8 Å². The summed E-state index contributed by atoms with van der Waals surface area (Å²) in [6.45, 7) is 8.78. The third-order valence-corrected chi connectivity index (χ3v) is 8.09. The maximum Gasteiger partial charge on any atom is 0.490 e. The molecule has 186 valence electrons. The highest BCUT2D eigenvalue weighted by Gasteiger charge is 2.50. The minimum atomic E-state index is -5.08. The number of hydrogen-bond donors (Lipinski definition) is 2. The number of fused-ring (bicyclic) bond motifs is 1. The van der Waals surface area contributed by atoms with Gasteiger partial charge in [-0.15, -0.1) is 0 Å². The standard InChI is InChI=1S/C20H30N2O3S.C2HF3O2/c1-14(2)10-21-20(23)17-8-9-26(24,25)19-13-22(12-18(17)19)11-16-6-4-15(3)5-7-16;3-2(4,5)1(6)7/h4-7,14,17-19H,8-13H2,1-3H3,(H,21,23);(H,6,7)/t17-,18+,19+;/m0./s1. The molecule has 0 aliphatic carbocycles. The van der Waals surface area contributed by atoms with Crippen LogP contribution in [0.1, 0.15) is 31.4 Å². The summed E-state index contributed by atoms with van der Waals surface area (Å²) in [5.74, 6) is -2.49. The number of benzene rings is 1. The topological polar surface area (TPSA) is 104 Å². The molecule has 0 spiro atoms. The first-order valence-electron chi connectivity index (χ1n) is 10.8. The van der Waals surface area contributed by atoms with Crippen molar-refractivity contribution in [3.05, 3.63) is 35.4 Å². The van der Waals surface area contributed by atoms with Gasteiger partial charge in [0.15, 0.2) is 9.84 Å². The smallest absolute Gasteiger partial charge is 0.475 e. The fourth-order valence-electron chi connectivity index (χ4n) is 4.15. The highest BCUT2D eigenvalue weighted by molar-refractivity contribution is 7.92. The van der Waals surface area contributed by atoms with Gasteiger partial charge in [-0.2, -0.15) is 13.2 Å². The van der Waals surface area contributed by atoms with Gasteiger partial charge in [0.2, 0.25) is 5.91 Å². The monoisotopic (exact) mass is 492 g/mol. The van der Waals surface area contributed by atoms with Crippen LogP contribution in [0.2, 0.25) is 0 Å². The Morgan fingerprint density at radius 2 is 1.76 bits per heavy atom. The van der Waals surface area contributed by atoms with E-state index in [1.54, 1.807) is 0 Å². The summed E-state index contributed by atoms with van der Waals surface area (Å²) in [6.07, 6.45) is -4.63. The van der Waals surface area contributed by atoms with Crippen LogP contribution in [0, 0.1) is 24.7 Å². The van der Waals surface area contributed by atoms with Gasteiger partial charge >= 0.3 is 12.1 Å². The Balaban J connectivity index is 0.000000479. The van der Waals surface area contributed by atoms with E-state index in [0.717, 1.165) is 6.54 Å². The molecule has 33 heavy (non-hydrogen) atoms. The molecule has 1 aromatic carbocycles. The van der Waals surface area contributed by atoms with Crippen molar-refractivity contribution in [2.75, 3.05) is 25.4 Å². The van der Waals surface area contributed by atoms with Gasteiger partial charge in [-0.25, -0.2) is 13.2 Å². The van der Waals surface area contributed by atoms with Crippen LogP contribution < -0.4 is 5.32 Å². The Hall–Kier alpha value is -2.14. The van der Waals surface area contributed by atoms with Crippen LogP contribution in [0.5, 0.6) is 0 Å². The molecule has 2 saturated heterocycles. The quantitative estimate of drug-likeness (QED) is 0.655. The van der Waals surface area contributed by atoms with Gasteiger partial charge in [0.05, 0.1) is 11.0 Å². The van der Waals surface area contributed by atoms with Gasteiger partial charge in [0.25, 0.3) is 0 Å². The van der Waals surface area contributed by atoms with Crippen molar-refractivity contribution in [2.45, 2.75) is 45.2 Å². The van der Waals surface area contributed by atoms with Crippen molar-refractivity contribution in [3.63, 3.8) is 0 Å². The van der Waals surface area contributed by atoms with Crippen LogP contribution in [0.15, 0.2) is 24.3 Å². The third kappa shape index (κ3) is 7.70. The molecular formula is C22H31F3N2O5S. The molecule has 2 aliphatic heterocycles. The van der Waals surface area contributed by atoms with Gasteiger partial charge in [-0.3, -0.25) is 9.69 Å². The fourth-order valence-corrected chi connectivity index (χ4v) is 6.28. The second kappa shape index (κ2) is 10.9. The van der Waals surface area contributed by atoms with Crippen molar-refractivity contribution in [2.24, 2.45) is 17.8 Å². The van der Waals surface area contributed by atoms with Crippen molar-refractivity contribution < 1.29 is 36.3 Å². The summed E-state index contributed by atoms with van der Waals surface area (Å²) in [5.41, 5.74) is 2.40. The maximum atomic E-state index is 12.6. The highest BCUT2D eigenvalue weighted by Crippen LogP contribution is 2.37. The van der Waals surface area contributed by atoms with Gasteiger partial charge < -0.3 is 10.4 Å². The Morgan fingerprint density at radius 1 is 1.18 bits per heavy atom. The van der Waals surface area contributed by atoms with Crippen LogP contribution >= 0.6 is 0 Å². The van der Waals surface area contributed by atoms with E-state index < -0.39 is 27.2 Å². The maximum absolute atomic E-state index is 12.6. The molecule has 0 aromatic heterocycles. The second-order valence-corrected chi connectivity index (χ2v) is 11.4. The molecule has 11 heteroatoms. The van der Waals surface area contributed by atoms with Gasteiger partial charge in [0, 0.05) is 38.0 Å². The Bertz CT molecular complexity index is 932. The molecular weight excluding hydrogens is 461 g/mol. The van der Waals surface area contributed by atoms with Crippen LogP contribution in [-0.4, -0.2) is 67.1 Å². The number of nitrogens with one attached hydrogen (secondary N) is 1. The Kier molecular flexibility index (Phi) is 8.92. The molecule has 1 aromatic rings. The number of rotatable bonds is 5. The number of carboxylic acid groups (broad SMARTS) is 1. The van der Waals surface area contributed by atoms with Crippen LogP contribution in [-0.2, 0) is 26.0 Å². The third-order valence-electron chi connectivity index (χ3n) is 5.87. The fraction of sp³-hybridized carbons (Fsp3) is 0.636. The Morgan fingerprint density at radius 3 is 2.27 bits per heavy atom. The van der Waals surface area contributed by atoms with Crippen LogP contribution in [0.3, 0.4) is 0 Å². The van der Waals surface area contributed by atoms with Crippen LogP contribution in [0.25, 0.3) is 0 Å². The van der Waals surface area contributed by atoms with E-state index in [2.05, 4.69) is 55.3 Å². The predicted molar refractivity (Wildman–Crippen MR) is 117 cm³/mol. The summed E-state index contributed by atoms with van der Waals surface area (Å²) < 4.78 is 56.9. The lowest BCUT2D eigenvalue weighted by molar-refractivity contribution is -0.192. The summed E-state index contributed by atoms with van der Waals surface area (Å²) in [6, 6.07) is 8.35. The number of amides is 1. The zero-order valence-electron chi connectivity index (χ0n) is 18.9. The average Bonchev–Trinajstić information content (AvgIpc) is 3.13. The Labute approximate surface area is 192 Å². The number of carbonyl (C=O) groups excluding carboxylic acids is 1. The first-order valence-corrected chi connectivity index (χ1v) is 12.5. The first kappa shape index (κ1) is 27.1. The molecule has 1 amide bonds. The number of aryl methyl sites for hydroxylation is 1. The lowest BCUT2D eigenvalue weighted by Gasteiger charge is -2.32. The van der Waals surface area contributed by atoms with E-state index in [0.29, 0.717) is 32.0 Å². The van der Waals surface area contributed by atoms with E-state index in [9.17, 15) is 26.4 Å². The average molecular weight is 493 g/mol. The summed E-state index contributed by atoms with van der Waals surface area (Å²) >= 11 is 0. The molecule has 3 rings (SSSR count). The van der Waals surface area contributed by atoms with E-state index >= 15 is 0 Å². The second-order valence-electron chi connectivity index (χ2n) is 9.09. The number of alkyl halides is 3. The number of hydrogen-bond acceptors (Lipinski definition) is 5. The number of halogens is 3. The molecule has 2 heterocycles. The lowest BCUT2D eigenvalue weighted by atomic mass is 9.87. The SMILES string of the molecule is Cc1ccc(CN2C[C@@H]3[C@@H](C(=O)NCC(C)C)CCS(=O)(=O)[C@@H]3C2)cc1.O=C(O)C(F)(F)F. The molecule has 2 N–H and O–H groups in total. The molecule has 0 saturated carbocycles. The normalized spacial score (nSPS) is 24.5. The molecule has 7 nitrogen and oxygen atoms in total. The predicted octanol–water partition coefficient (Wildman–Crippen LogP) is 2.64. The largest absolute Gasteiger partial charge is 0.490 e. The number of aliphatic carboxylic acids is 1. The summed E-state index contributed by atoms with van der Waals surface area (Å²) in [5, 5.41) is 9.73. The molecule has 0 unspecified atom stereocenters. The number of likely N-dealkylation sites (tertiary alicyclic amines) is 1. The zero-order valence-corrected chi connectivity index (χ0v) is 19.7. The minimum absolute atomic E-state index is 0.0285. The number of nitrogens with zero attached hydrogens (tertiary/aromatic N) is 1. The number of carbonyl (C=O) groups is 2. The minimum Gasteiger partial charge on any atom is -0.475 e. The van der Waals surface area contributed by atoms with E-state index in [-0.39, 0.29) is 23.5 Å². The molecule has 0 radical (unpaired) electrons.